The number of anilines is 1. The summed E-state index contributed by atoms with van der Waals surface area (Å²) in [4.78, 5) is 28.2. The maximum Gasteiger partial charge on any atom is 0.254 e. The van der Waals surface area contributed by atoms with Gasteiger partial charge in [-0.3, -0.25) is 9.59 Å². The van der Waals surface area contributed by atoms with Crippen LogP contribution in [0.25, 0.3) is 0 Å². The summed E-state index contributed by atoms with van der Waals surface area (Å²) in [6.45, 7) is 3.90. The number of carbonyl (C=O) groups excluding carboxylic acids is 2. The lowest BCUT2D eigenvalue weighted by atomic mass is 10.1. The number of ether oxygens (including phenoxy) is 1. The van der Waals surface area contributed by atoms with Gasteiger partial charge in [-0.2, -0.15) is 0 Å². The molecule has 1 fully saturated rings. The summed E-state index contributed by atoms with van der Waals surface area (Å²) in [5.41, 5.74) is 2.55. The predicted molar refractivity (Wildman–Crippen MR) is 101 cm³/mol. The molecular weight excluding hydrogens is 328 g/mol. The van der Waals surface area contributed by atoms with Gasteiger partial charge in [-0.05, 0) is 55.3 Å². The lowest BCUT2D eigenvalue weighted by molar-refractivity contribution is -0.117. The minimum absolute atomic E-state index is 0.0115. The van der Waals surface area contributed by atoms with Crippen molar-refractivity contribution < 1.29 is 14.3 Å². The molecule has 3 rings (SSSR count). The van der Waals surface area contributed by atoms with Crippen molar-refractivity contribution in [2.75, 3.05) is 25.1 Å². The van der Waals surface area contributed by atoms with E-state index in [2.05, 4.69) is 0 Å². The summed E-state index contributed by atoms with van der Waals surface area (Å²) in [6.07, 6.45) is 1.50. The van der Waals surface area contributed by atoms with E-state index in [4.69, 9.17) is 4.74 Å². The van der Waals surface area contributed by atoms with Crippen molar-refractivity contribution in [3.05, 3.63) is 59.7 Å². The molecule has 2 aromatic rings. The third kappa shape index (κ3) is 3.87. The largest absolute Gasteiger partial charge is 0.497 e. The lowest BCUT2D eigenvalue weighted by Crippen LogP contribution is -2.30. The molecule has 0 aromatic heterocycles. The van der Waals surface area contributed by atoms with Gasteiger partial charge in [0.15, 0.2) is 0 Å². The van der Waals surface area contributed by atoms with E-state index < -0.39 is 0 Å². The highest BCUT2D eigenvalue weighted by molar-refractivity contribution is 5.97. The lowest BCUT2D eigenvalue weighted by Gasteiger charge is -2.22. The van der Waals surface area contributed by atoms with E-state index >= 15 is 0 Å². The van der Waals surface area contributed by atoms with Crippen LogP contribution in [0.1, 0.15) is 35.7 Å². The standard InChI is InChI=1S/C21H24N2O3/c1-3-22(15-16-6-12-19(26-2)13-7-16)21(25)17-8-10-18(11-9-17)23-14-4-5-20(23)24/h6-13H,3-5,14-15H2,1-2H3. The number of hydrogen-bond acceptors (Lipinski definition) is 3. The monoisotopic (exact) mass is 352 g/mol. The smallest absolute Gasteiger partial charge is 0.254 e. The Bertz CT molecular complexity index is 769. The van der Waals surface area contributed by atoms with Gasteiger partial charge in [0.2, 0.25) is 5.91 Å². The molecule has 5 nitrogen and oxygen atoms in total. The number of nitrogens with zero attached hydrogens (tertiary/aromatic N) is 2. The first-order valence-electron chi connectivity index (χ1n) is 8.95. The number of amides is 2. The van der Waals surface area contributed by atoms with Crippen LogP contribution in [-0.2, 0) is 11.3 Å². The molecule has 0 saturated carbocycles. The summed E-state index contributed by atoms with van der Waals surface area (Å²) in [6, 6.07) is 15.1. The second-order valence-electron chi connectivity index (χ2n) is 6.36. The number of carbonyl (C=O) groups is 2. The molecular formula is C21H24N2O3. The minimum Gasteiger partial charge on any atom is -0.497 e. The van der Waals surface area contributed by atoms with Crippen molar-refractivity contribution in [3.63, 3.8) is 0 Å². The summed E-state index contributed by atoms with van der Waals surface area (Å²) < 4.78 is 5.17. The van der Waals surface area contributed by atoms with E-state index in [0.29, 0.717) is 25.1 Å². The van der Waals surface area contributed by atoms with E-state index in [-0.39, 0.29) is 11.8 Å². The summed E-state index contributed by atoms with van der Waals surface area (Å²) in [7, 11) is 1.64. The molecule has 1 aliphatic heterocycles. The summed E-state index contributed by atoms with van der Waals surface area (Å²) in [5.74, 6) is 0.941. The highest BCUT2D eigenvalue weighted by atomic mass is 16.5. The summed E-state index contributed by atoms with van der Waals surface area (Å²) >= 11 is 0. The van der Waals surface area contributed by atoms with Gasteiger partial charge in [0, 0.05) is 37.3 Å². The molecule has 136 valence electrons. The quantitative estimate of drug-likeness (QED) is 0.800. The van der Waals surface area contributed by atoms with Gasteiger partial charge in [-0.15, -0.1) is 0 Å². The van der Waals surface area contributed by atoms with Gasteiger partial charge < -0.3 is 14.5 Å². The maximum absolute atomic E-state index is 12.8. The van der Waals surface area contributed by atoms with E-state index in [9.17, 15) is 9.59 Å². The molecule has 0 aliphatic carbocycles. The van der Waals surface area contributed by atoms with E-state index in [1.165, 1.54) is 0 Å². The molecule has 0 bridgehead atoms. The van der Waals surface area contributed by atoms with Crippen molar-refractivity contribution in [1.82, 2.24) is 4.90 Å². The second-order valence-corrected chi connectivity index (χ2v) is 6.36. The Morgan fingerprint density at radius 2 is 1.81 bits per heavy atom. The first-order chi connectivity index (χ1) is 12.6. The molecule has 5 heteroatoms. The molecule has 2 amide bonds. The third-order valence-electron chi connectivity index (χ3n) is 4.70. The first kappa shape index (κ1) is 18.0. The molecule has 26 heavy (non-hydrogen) atoms. The van der Waals surface area contributed by atoms with Gasteiger partial charge in [0.05, 0.1) is 7.11 Å². The van der Waals surface area contributed by atoms with Crippen LogP contribution in [0.5, 0.6) is 5.75 Å². The SMILES string of the molecule is CCN(Cc1ccc(OC)cc1)C(=O)c1ccc(N2CCCC2=O)cc1. The molecule has 1 heterocycles. The summed E-state index contributed by atoms with van der Waals surface area (Å²) in [5, 5.41) is 0. The first-order valence-corrected chi connectivity index (χ1v) is 8.95. The van der Waals surface area contributed by atoms with Crippen molar-refractivity contribution >= 4 is 17.5 Å². The topological polar surface area (TPSA) is 49.9 Å². The Morgan fingerprint density at radius 3 is 2.35 bits per heavy atom. The Kier molecular flexibility index (Phi) is 5.56. The molecule has 0 unspecified atom stereocenters. The number of methoxy groups -OCH3 is 1. The van der Waals surface area contributed by atoms with Crippen LogP contribution in [0.4, 0.5) is 5.69 Å². The van der Waals surface area contributed by atoms with Crippen LogP contribution in [-0.4, -0.2) is 36.9 Å². The van der Waals surface area contributed by atoms with Crippen LogP contribution in [0.15, 0.2) is 48.5 Å². The van der Waals surface area contributed by atoms with Crippen LogP contribution in [0.2, 0.25) is 0 Å². The van der Waals surface area contributed by atoms with Crippen molar-refractivity contribution in [2.24, 2.45) is 0 Å². The van der Waals surface area contributed by atoms with E-state index in [0.717, 1.165) is 30.0 Å². The third-order valence-corrected chi connectivity index (χ3v) is 4.70. The molecule has 0 atom stereocenters. The van der Waals surface area contributed by atoms with Gasteiger partial charge in [0.1, 0.15) is 5.75 Å². The minimum atomic E-state index is -0.0115. The second kappa shape index (κ2) is 8.04. The molecule has 0 radical (unpaired) electrons. The Labute approximate surface area is 154 Å². The average Bonchev–Trinajstić information content (AvgIpc) is 3.12. The van der Waals surface area contributed by atoms with Gasteiger partial charge in [0.25, 0.3) is 5.91 Å². The zero-order valence-electron chi connectivity index (χ0n) is 15.3. The fourth-order valence-corrected chi connectivity index (χ4v) is 3.17. The molecule has 1 saturated heterocycles. The van der Waals surface area contributed by atoms with Crippen molar-refractivity contribution in [2.45, 2.75) is 26.3 Å². The number of hydrogen-bond donors (Lipinski definition) is 0. The number of rotatable bonds is 6. The molecule has 2 aromatic carbocycles. The number of benzene rings is 2. The van der Waals surface area contributed by atoms with Crippen LogP contribution in [0.3, 0.4) is 0 Å². The van der Waals surface area contributed by atoms with Gasteiger partial charge in [-0.25, -0.2) is 0 Å². The normalized spacial score (nSPS) is 13.8. The Balaban J connectivity index is 1.70. The van der Waals surface area contributed by atoms with Crippen molar-refractivity contribution in [1.29, 1.82) is 0 Å². The molecule has 0 spiro atoms. The fraction of sp³-hybridized carbons (Fsp3) is 0.333. The van der Waals surface area contributed by atoms with Crippen molar-refractivity contribution in [3.8, 4) is 5.75 Å². The van der Waals surface area contributed by atoms with Crippen LogP contribution >= 0.6 is 0 Å². The maximum atomic E-state index is 12.8. The van der Waals surface area contributed by atoms with Crippen LogP contribution < -0.4 is 9.64 Å². The van der Waals surface area contributed by atoms with Gasteiger partial charge >= 0.3 is 0 Å². The zero-order valence-corrected chi connectivity index (χ0v) is 15.3. The fourth-order valence-electron chi connectivity index (χ4n) is 3.17. The Hall–Kier alpha value is -2.82. The highest BCUT2D eigenvalue weighted by Crippen LogP contribution is 2.22. The van der Waals surface area contributed by atoms with Gasteiger partial charge in [-0.1, -0.05) is 12.1 Å². The molecule has 1 aliphatic rings. The zero-order chi connectivity index (χ0) is 18.5. The highest BCUT2D eigenvalue weighted by Gasteiger charge is 2.22. The average molecular weight is 352 g/mol. The van der Waals surface area contributed by atoms with E-state index in [1.807, 2.05) is 43.3 Å². The van der Waals surface area contributed by atoms with E-state index in [1.54, 1.807) is 29.0 Å². The Morgan fingerprint density at radius 1 is 1.12 bits per heavy atom. The predicted octanol–water partition coefficient (Wildman–Crippen LogP) is 3.48. The van der Waals surface area contributed by atoms with Crippen LogP contribution in [0, 0.1) is 0 Å². The molecule has 0 N–H and O–H groups in total.